The molecule has 0 spiro atoms. The highest BCUT2D eigenvalue weighted by molar-refractivity contribution is 5.77. The van der Waals surface area contributed by atoms with Crippen LogP contribution >= 0.6 is 0 Å². The van der Waals surface area contributed by atoms with Gasteiger partial charge in [0.15, 0.2) is 12.3 Å². The molecule has 6 heteroatoms. The molecule has 1 aliphatic rings. The number of hydrogen-bond acceptors (Lipinski definition) is 3. The van der Waals surface area contributed by atoms with Gasteiger partial charge in [0.05, 0.1) is 32.6 Å². The van der Waals surface area contributed by atoms with Gasteiger partial charge < -0.3 is 14.2 Å². The lowest BCUT2D eigenvalue weighted by Gasteiger charge is -2.31. The molecule has 6 nitrogen and oxygen atoms in total. The molecule has 3 heterocycles. The van der Waals surface area contributed by atoms with E-state index in [0.717, 1.165) is 49.2 Å². The molecule has 2 N–H and O–H groups in total. The van der Waals surface area contributed by atoms with E-state index in [0.29, 0.717) is 6.54 Å². The predicted molar refractivity (Wildman–Crippen MR) is 86.0 cm³/mol. The number of furan rings is 1. The van der Waals surface area contributed by atoms with E-state index >= 15 is 0 Å². The topological polar surface area (TPSA) is 55.3 Å². The number of anilines is 1. The highest BCUT2D eigenvalue weighted by Gasteiger charge is 2.27. The Kier molecular flexibility index (Phi) is 4.92. The van der Waals surface area contributed by atoms with Crippen LogP contribution in [0.25, 0.3) is 0 Å². The number of nitrogens with zero attached hydrogens (tertiary/aromatic N) is 2. The number of carbonyl (C=O) groups is 1. The minimum atomic E-state index is 0.214. The second kappa shape index (κ2) is 7.28. The second-order valence-electron chi connectivity index (χ2n) is 6.01. The van der Waals surface area contributed by atoms with Gasteiger partial charge in [0.1, 0.15) is 19.6 Å². The number of piperazine rings is 1. The van der Waals surface area contributed by atoms with Gasteiger partial charge in [-0.05, 0) is 18.2 Å². The van der Waals surface area contributed by atoms with Crippen molar-refractivity contribution in [2.75, 3.05) is 44.7 Å². The Hall–Kier alpha value is -2.34. The largest absolute Gasteiger partial charge is 0.463 e. The molecule has 1 atom stereocenters. The van der Waals surface area contributed by atoms with Gasteiger partial charge >= 0.3 is 0 Å². The molecule has 1 saturated heterocycles. The van der Waals surface area contributed by atoms with Crippen LogP contribution in [0.5, 0.6) is 0 Å². The van der Waals surface area contributed by atoms with E-state index in [9.17, 15) is 4.79 Å². The van der Waals surface area contributed by atoms with Crippen LogP contribution in [0.4, 0.5) is 5.82 Å². The van der Waals surface area contributed by atoms with Crippen molar-refractivity contribution in [2.45, 2.75) is 6.54 Å². The standard InChI is InChI=1S/C17H22N4O2/c1-19(13-15-5-4-12-23-15)14-17(22)21-10-8-20(9-11-21)16-6-2-3-7-18-16/h2-7,12H,8-11,13-14H2,1H3/p+2. The number of carbonyl (C=O) groups excluding carboxylic acids is 1. The van der Waals surface area contributed by atoms with Crippen molar-refractivity contribution in [2.24, 2.45) is 0 Å². The predicted octanol–water partition coefficient (Wildman–Crippen LogP) is -0.543. The Morgan fingerprint density at radius 3 is 2.70 bits per heavy atom. The molecule has 2 aromatic heterocycles. The summed E-state index contributed by atoms with van der Waals surface area (Å²) in [6.45, 7) is 4.51. The lowest BCUT2D eigenvalue weighted by molar-refractivity contribution is -0.886. The van der Waals surface area contributed by atoms with Crippen molar-refractivity contribution in [3.8, 4) is 0 Å². The first-order valence-corrected chi connectivity index (χ1v) is 8.05. The minimum absolute atomic E-state index is 0.214. The molecule has 0 radical (unpaired) electrons. The summed E-state index contributed by atoms with van der Waals surface area (Å²) < 4.78 is 5.34. The van der Waals surface area contributed by atoms with Gasteiger partial charge in [-0.2, -0.15) is 0 Å². The molecule has 0 saturated carbocycles. The Morgan fingerprint density at radius 2 is 2.04 bits per heavy atom. The number of H-pyrrole nitrogens is 1. The number of likely N-dealkylation sites (N-methyl/N-ethyl adjacent to an activating group) is 1. The van der Waals surface area contributed by atoms with E-state index in [1.807, 2.05) is 42.4 Å². The number of rotatable bonds is 5. The van der Waals surface area contributed by atoms with Crippen molar-refractivity contribution in [3.63, 3.8) is 0 Å². The van der Waals surface area contributed by atoms with Gasteiger partial charge in [-0.1, -0.05) is 6.07 Å². The molecular formula is C17H24N4O2+2. The van der Waals surface area contributed by atoms with Crippen molar-refractivity contribution in [1.29, 1.82) is 0 Å². The molecule has 3 rings (SSSR count). The zero-order valence-electron chi connectivity index (χ0n) is 13.5. The van der Waals surface area contributed by atoms with Crippen LogP contribution in [0.1, 0.15) is 5.76 Å². The van der Waals surface area contributed by atoms with Gasteiger partial charge in [0.2, 0.25) is 0 Å². The van der Waals surface area contributed by atoms with Crippen molar-refractivity contribution in [1.82, 2.24) is 4.90 Å². The number of nitrogens with one attached hydrogen (secondary N) is 2. The van der Waals surface area contributed by atoms with E-state index in [-0.39, 0.29) is 5.91 Å². The Balaban J connectivity index is 1.46. The summed E-state index contributed by atoms with van der Waals surface area (Å²) in [6.07, 6.45) is 3.60. The lowest BCUT2D eigenvalue weighted by Crippen LogP contribution is -3.08. The fourth-order valence-electron chi connectivity index (χ4n) is 2.92. The minimum Gasteiger partial charge on any atom is -0.463 e. The van der Waals surface area contributed by atoms with E-state index < -0.39 is 0 Å². The van der Waals surface area contributed by atoms with E-state index in [1.54, 1.807) is 6.26 Å². The number of aromatic amines is 1. The number of pyridine rings is 1. The van der Waals surface area contributed by atoms with Gasteiger partial charge in [-0.25, -0.2) is 4.98 Å². The first kappa shape index (κ1) is 15.6. The summed E-state index contributed by atoms with van der Waals surface area (Å²) in [5.74, 6) is 2.24. The van der Waals surface area contributed by atoms with Crippen molar-refractivity contribution in [3.05, 3.63) is 48.6 Å². The summed E-state index contributed by atoms with van der Waals surface area (Å²) >= 11 is 0. The maximum absolute atomic E-state index is 12.4. The molecule has 1 fully saturated rings. The summed E-state index contributed by atoms with van der Waals surface area (Å²) in [5, 5.41) is 0. The first-order chi connectivity index (χ1) is 11.2. The molecular weight excluding hydrogens is 292 g/mol. The van der Waals surface area contributed by atoms with E-state index in [1.165, 1.54) is 0 Å². The average Bonchev–Trinajstić information content (AvgIpc) is 3.08. The second-order valence-corrected chi connectivity index (χ2v) is 6.01. The fraction of sp³-hybridized carbons (Fsp3) is 0.412. The Bertz CT molecular complexity index is 607. The zero-order valence-corrected chi connectivity index (χ0v) is 13.5. The molecule has 23 heavy (non-hydrogen) atoms. The number of quaternary nitrogens is 1. The van der Waals surface area contributed by atoms with Crippen LogP contribution in [0.2, 0.25) is 0 Å². The van der Waals surface area contributed by atoms with Crippen molar-refractivity contribution >= 4 is 11.7 Å². The van der Waals surface area contributed by atoms with Crippen LogP contribution in [0.3, 0.4) is 0 Å². The maximum Gasteiger partial charge on any atom is 0.278 e. The highest BCUT2D eigenvalue weighted by Crippen LogP contribution is 2.09. The molecule has 0 aromatic carbocycles. The SMILES string of the molecule is C[NH+](CC(=O)N1CCN(c2cccc[nH+]2)CC1)Cc1ccco1. The third kappa shape index (κ3) is 4.10. The normalized spacial score (nSPS) is 16.4. The molecule has 1 aliphatic heterocycles. The molecule has 122 valence electrons. The fourth-order valence-corrected chi connectivity index (χ4v) is 2.92. The highest BCUT2D eigenvalue weighted by atomic mass is 16.3. The third-order valence-corrected chi connectivity index (χ3v) is 4.17. The summed E-state index contributed by atoms with van der Waals surface area (Å²) in [6, 6.07) is 9.89. The smallest absolute Gasteiger partial charge is 0.278 e. The molecule has 0 aliphatic carbocycles. The van der Waals surface area contributed by atoms with Gasteiger partial charge in [-0.15, -0.1) is 0 Å². The molecule has 0 bridgehead atoms. The number of hydrogen-bond donors (Lipinski definition) is 1. The number of amides is 1. The quantitative estimate of drug-likeness (QED) is 0.806. The van der Waals surface area contributed by atoms with Crippen LogP contribution in [-0.4, -0.2) is 50.6 Å². The number of aromatic nitrogens is 1. The third-order valence-electron chi connectivity index (χ3n) is 4.17. The molecule has 1 amide bonds. The maximum atomic E-state index is 12.4. The molecule has 1 unspecified atom stereocenters. The van der Waals surface area contributed by atoms with Crippen LogP contribution in [-0.2, 0) is 11.3 Å². The summed E-state index contributed by atoms with van der Waals surface area (Å²) in [5.41, 5.74) is 0. The average molecular weight is 316 g/mol. The zero-order chi connectivity index (χ0) is 16.1. The Labute approximate surface area is 136 Å². The lowest BCUT2D eigenvalue weighted by atomic mass is 10.3. The van der Waals surface area contributed by atoms with Crippen LogP contribution < -0.4 is 14.8 Å². The van der Waals surface area contributed by atoms with Gasteiger partial charge in [-0.3, -0.25) is 9.69 Å². The van der Waals surface area contributed by atoms with E-state index in [4.69, 9.17) is 4.42 Å². The van der Waals surface area contributed by atoms with Crippen LogP contribution in [0, 0.1) is 0 Å². The monoisotopic (exact) mass is 316 g/mol. The van der Waals surface area contributed by atoms with Crippen molar-refractivity contribution < 1.29 is 19.1 Å². The van der Waals surface area contributed by atoms with Gasteiger partial charge in [0.25, 0.3) is 11.7 Å². The summed E-state index contributed by atoms with van der Waals surface area (Å²) in [7, 11) is 2.02. The van der Waals surface area contributed by atoms with E-state index in [2.05, 4.69) is 16.0 Å². The molecule has 2 aromatic rings. The Morgan fingerprint density at radius 1 is 1.22 bits per heavy atom. The van der Waals surface area contributed by atoms with Crippen LogP contribution in [0.15, 0.2) is 47.2 Å². The first-order valence-electron chi connectivity index (χ1n) is 8.05. The van der Waals surface area contributed by atoms with Gasteiger partial charge in [0, 0.05) is 6.07 Å². The summed E-state index contributed by atoms with van der Waals surface area (Å²) in [4.78, 5) is 21.1.